The highest BCUT2D eigenvalue weighted by Crippen LogP contribution is 2.36. The Labute approximate surface area is 85.9 Å². The van der Waals surface area contributed by atoms with E-state index in [9.17, 15) is 9.90 Å². The molecule has 0 radical (unpaired) electrons. The smallest absolute Gasteiger partial charge is 0.223 e. The van der Waals surface area contributed by atoms with Crippen LogP contribution in [0.3, 0.4) is 0 Å². The Bertz CT molecular complexity index is 190. The van der Waals surface area contributed by atoms with Gasteiger partial charge in [-0.2, -0.15) is 0 Å². The number of rotatable bonds is 6. The molecule has 1 aliphatic carbocycles. The van der Waals surface area contributed by atoms with Crippen molar-refractivity contribution in [3.05, 3.63) is 0 Å². The molecule has 0 saturated heterocycles. The van der Waals surface area contributed by atoms with E-state index in [1.165, 1.54) is 12.8 Å². The first-order chi connectivity index (χ1) is 6.65. The van der Waals surface area contributed by atoms with Crippen LogP contribution in [0.15, 0.2) is 0 Å². The number of amides is 1. The zero-order valence-corrected chi connectivity index (χ0v) is 9.12. The lowest BCUT2D eigenvalue weighted by Gasteiger charge is -2.14. The molecule has 0 aromatic heterocycles. The van der Waals surface area contributed by atoms with E-state index in [1.54, 1.807) is 0 Å². The quantitative estimate of drug-likeness (QED) is 0.677. The van der Waals surface area contributed by atoms with Crippen molar-refractivity contribution in [1.29, 1.82) is 0 Å². The zero-order chi connectivity index (χ0) is 10.6. The minimum Gasteiger partial charge on any atom is -0.391 e. The summed E-state index contributed by atoms with van der Waals surface area (Å²) in [6.45, 7) is 4.40. The summed E-state index contributed by atoms with van der Waals surface area (Å²) in [7, 11) is 0. The largest absolute Gasteiger partial charge is 0.391 e. The van der Waals surface area contributed by atoms with Gasteiger partial charge in [-0.05, 0) is 25.2 Å². The van der Waals surface area contributed by atoms with Crippen LogP contribution in [0.1, 0.15) is 39.5 Å². The number of carbonyl (C=O) groups is 1. The van der Waals surface area contributed by atoms with Gasteiger partial charge < -0.3 is 10.4 Å². The Morgan fingerprint density at radius 1 is 1.57 bits per heavy atom. The van der Waals surface area contributed by atoms with Gasteiger partial charge in [0.05, 0.1) is 6.10 Å². The van der Waals surface area contributed by atoms with E-state index in [-0.39, 0.29) is 17.9 Å². The van der Waals surface area contributed by atoms with Gasteiger partial charge in [0, 0.05) is 12.5 Å². The summed E-state index contributed by atoms with van der Waals surface area (Å²) in [5.41, 5.74) is 0. The first kappa shape index (κ1) is 11.5. The second-order valence-corrected chi connectivity index (χ2v) is 4.31. The van der Waals surface area contributed by atoms with Crippen molar-refractivity contribution in [1.82, 2.24) is 5.32 Å². The maximum atomic E-state index is 11.5. The van der Waals surface area contributed by atoms with Crippen LogP contribution in [0.2, 0.25) is 0 Å². The molecule has 2 unspecified atom stereocenters. The first-order valence-corrected chi connectivity index (χ1v) is 5.61. The molecule has 0 aliphatic heterocycles. The molecule has 1 fully saturated rings. The molecule has 0 bridgehead atoms. The van der Waals surface area contributed by atoms with Crippen molar-refractivity contribution in [3.8, 4) is 0 Å². The highest BCUT2D eigenvalue weighted by molar-refractivity contribution is 5.78. The van der Waals surface area contributed by atoms with Crippen molar-refractivity contribution in [2.24, 2.45) is 11.8 Å². The molecule has 2 N–H and O–H groups in total. The van der Waals surface area contributed by atoms with Crippen LogP contribution in [-0.2, 0) is 4.79 Å². The third-order valence-corrected chi connectivity index (χ3v) is 2.88. The first-order valence-electron chi connectivity index (χ1n) is 5.61. The molecule has 82 valence electrons. The topological polar surface area (TPSA) is 49.3 Å². The number of carbonyl (C=O) groups excluding carboxylic acids is 1. The molecular weight excluding hydrogens is 178 g/mol. The van der Waals surface area contributed by atoms with Crippen LogP contribution in [0.25, 0.3) is 0 Å². The van der Waals surface area contributed by atoms with Crippen LogP contribution >= 0.6 is 0 Å². The van der Waals surface area contributed by atoms with Crippen LogP contribution in [0.5, 0.6) is 0 Å². The summed E-state index contributed by atoms with van der Waals surface area (Å²) in [5, 5.41) is 12.2. The van der Waals surface area contributed by atoms with Crippen molar-refractivity contribution in [2.75, 3.05) is 6.54 Å². The normalized spacial score (nSPS) is 20.2. The van der Waals surface area contributed by atoms with E-state index in [1.807, 2.05) is 13.8 Å². The van der Waals surface area contributed by atoms with E-state index in [4.69, 9.17) is 0 Å². The molecule has 1 saturated carbocycles. The molecule has 0 spiro atoms. The predicted molar refractivity (Wildman–Crippen MR) is 55.8 cm³/mol. The summed E-state index contributed by atoms with van der Waals surface area (Å²) < 4.78 is 0. The Morgan fingerprint density at radius 2 is 2.21 bits per heavy atom. The number of aliphatic hydroxyl groups is 1. The second kappa shape index (κ2) is 5.35. The summed E-state index contributed by atoms with van der Waals surface area (Å²) in [6.07, 6.45) is 3.71. The van der Waals surface area contributed by atoms with Gasteiger partial charge in [-0.25, -0.2) is 0 Å². The van der Waals surface area contributed by atoms with Crippen molar-refractivity contribution in [3.63, 3.8) is 0 Å². The number of hydrogen-bond donors (Lipinski definition) is 2. The molecular formula is C11H21NO2. The van der Waals surface area contributed by atoms with Gasteiger partial charge in [0.2, 0.25) is 5.91 Å². The molecule has 0 aromatic rings. The fourth-order valence-electron chi connectivity index (χ4n) is 1.62. The third kappa shape index (κ3) is 3.66. The van der Waals surface area contributed by atoms with Crippen LogP contribution in [0, 0.1) is 11.8 Å². The Morgan fingerprint density at radius 3 is 2.71 bits per heavy atom. The van der Waals surface area contributed by atoms with Gasteiger partial charge in [0.25, 0.3) is 0 Å². The second-order valence-electron chi connectivity index (χ2n) is 4.31. The van der Waals surface area contributed by atoms with E-state index in [0.717, 1.165) is 12.8 Å². The van der Waals surface area contributed by atoms with E-state index in [2.05, 4.69) is 5.32 Å². The summed E-state index contributed by atoms with van der Waals surface area (Å²) >= 11 is 0. The van der Waals surface area contributed by atoms with Crippen molar-refractivity contribution in [2.45, 2.75) is 45.6 Å². The van der Waals surface area contributed by atoms with Gasteiger partial charge in [0.1, 0.15) is 0 Å². The van der Waals surface area contributed by atoms with Crippen molar-refractivity contribution < 1.29 is 9.90 Å². The minimum absolute atomic E-state index is 0.0997. The summed E-state index contributed by atoms with van der Waals surface area (Å²) in [4.78, 5) is 11.5. The maximum Gasteiger partial charge on any atom is 0.223 e. The maximum absolute atomic E-state index is 11.5. The summed E-state index contributed by atoms with van der Waals surface area (Å²) in [6, 6.07) is 0. The molecule has 3 nitrogen and oxygen atoms in total. The van der Waals surface area contributed by atoms with Crippen LogP contribution in [-0.4, -0.2) is 23.7 Å². The highest BCUT2D eigenvalue weighted by Gasteiger charge is 2.32. The molecule has 3 heteroatoms. The van der Waals surface area contributed by atoms with Gasteiger partial charge in [-0.1, -0.05) is 20.3 Å². The Balaban J connectivity index is 2.13. The molecule has 1 amide bonds. The predicted octanol–water partition coefficient (Wildman–Crippen LogP) is 1.31. The van der Waals surface area contributed by atoms with E-state index in [0.29, 0.717) is 12.5 Å². The molecule has 1 rings (SSSR count). The fraction of sp³-hybridized carbons (Fsp3) is 0.909. The number of nitrogens with one attached hydrogen (secondary N) is 1. The standard InChI is InChI=1S/C11H21NO2/c1-3-4-10(13)7-12-11(14)8(2)9-5-6-9/h8-10,13H,3-7H2,1-2H3,(H,12,14). The average molecular weight is 199 g/mol. The van der Waals surface area contributed by atoms with Crippen LogP contribution in [0.4, 0.5) is 0 Å². The van der Waals surface area contributed by atoms with Gasteiger partial charge >= 0.3 is 0 Å². The SMILES string of the molecule is CCCC(O)CNC(=O)C(C)C1CC1. The van der Waals surface area contributed by atoms with Crippen LogP contribution < -0.4 is 5.32 Å². The third-order valence-electron chi connectivity index (χ3n) is 2.88. The lowest BCUT2D eigenvalue weighted by Crippen LogP contribution is -2.36. The zero-order valence-electron chi connectivity index (χ0n) is 9.12. The highest BCUT2D eigenvalue weighted by atomic mass is 16.3. The Kier molecular flexibility index (Phi) is 4.39. The number of hydrogen-bond acceptors (Lipinski definition) is 2. The van der Waals surface area contributed by atoms with Crippen molar-refractivity contribution >= 4 is 5.91 Å². The van der Waals surface area contributed by atoms with E-state index < -0.39 is 0 Å². The molecule has 0 heterocycles. The molecule has 2 atom stereocenters. The molecule has 1 aliphatic rings. The fourth-order valence-corrected chi connectivity index (χ4v) is 1.62. The molecule has 14 heavy (non-hydrogen) atoms. The number of aliphatic hydroxyl groups excluding tert-OH is 1. The summed E-state index contributed by atoms with van der Waals surface area (Å²) in [5.74, 6) is 0.824. The molecule has 0 aromatic carbocycles. The van der Waals surface area contributed by atoms with Gasteiger partial charge in [-0.3, -0.25) is 4.79 Å². The lowest BCUT2D eigenvalue weighted by atomic mass is 10.1. The lowest BCUT2D eigenvalue weighted by molar-refractivity contribution is -0.125. The Hall–Kier alpha value is -0.570. The van der Waals surface area contributed by atoms with Gasteiger partial charge in [-0.15, -0.1) is 0 Å². The average Bonchev–Trinajstić information content (AvgIpc) is 2.96. The van der Waals surface area contributed by atoms with Gasteiger partial charge in [0.15, 0.2) is 0 Å². The monoisotopic (exact) mass is 199 g/mol. The van der Waals surface area contributed by atoms with E-state index >= 15 is 0 Å². The minimum atomic E-state index is -0.379.